The first kappa shape index (κ1) is 18.3. The lowest BCUT2D eigenvalue weighted by atomic mass is 10.2. The van der Waals surface area contributed by atoms with Crippen molar-refractivity contribution in [3.8, 4) is 11.8 Å². The van der Waals surface area contributed by atoms with Gasteiger partial charge in [-0.1, -0.05) is 19.4 Å². The minimum Gasteiger partial charge on any atom is -0.484 e. The molecule has 7 heteroatoms. The summed E-state index contributed by atoms with van der Waals surface area (Å²) in [6, 6.07) is 8.36. The van der Waals surface area contributed by atoms with Crippen LogP contribution >= 0.6 is 0 Å². The van der Waals surface area contributed by atoms with Crippen LogP contribution in [0.3, 0.4) is 0 Å². The largest absolute Gasteiger partial charge is 0.484 e. The summed E-state index contributed by atoms with van der Waals surface area (Å²) in [5, 5.41) is 8.88. The van der Waals surface area contributed by atoms with Gasteiger partial charge in [-0.25, -0.2) is 8.42 Å². The molecule has 0 radical (unpaired) electrons. The number of nitriles is 1. The normalized spacial score (nSPS) is 18.8. The standard InChI is InChI=1S/C17H22N2O4S/c1-2-3-8-19(15-7-9-24(21,22)13-15)17(20)12-23-16-6-4-5-14(10-16)11-18/h4-6,10,15H,2-3,7-9,12-13H2,1H3. The second kappa shape index (κ2) is 8.15. The average Bonchev–Trinajstić information content (AvgIpc) is 2.93. The van der Waals surface area contributed by atoms with Gasteiger partial charge in [0.15, 0.2) is 16.4 Å². The Bertz CT molecular complexity index is 724. The van der Waals surface area contributed by atoms with E-state index in [1.54, 1.807) is 29.2 Å². The Balaban J connectivity index is 2.00. The minimum absolute atomic E-state index is 0.0341. The monoisotopic (exact) mass is 350 g/mol. The molecule has 0 aromatic heterocycles. The van der Waals surface area contributed by atoms with Crippen LogP contribution in [0.2, 0.25) is 0 Å². The number of rotatable bonds is 7. The number of hydrogen-bond acceptors (Lipinski definition) is 5. The van der Waals surface area contributed by atoms with Crippen LogP contribution in [0.15, 0.2) is 24.3 Å². The highest BCUT2D eigenvalue weighted by molar-refractivity contribution is 7.91. The fraction of sp³-hybridized carbons (Fsp3) is 0.529. The molecule has 130 valence electrons. The van der Waals surface area contributed by atoms with Gasteiger partial charge in [-0.15, -0.1) is 0 Å². The highest BCUT2D eigenvalue weighted by Gasteiger charge is 2.34. The number of nitrogens with zero attached hydrogens (tertiary/aromatic N) is 2. The molecule has 1 amide bonds. The van der Waals surface area contributed by atoms with Crippen LogP contribution < -0.4 is 4.74 Å². The van der Waals surface area contributed by atoms with Crippen molar-refractivity contribution < 1.29 is 17.9 Å². The first-order valence-corrected chi connectivity index (χ1v) is 9.90. The molecule has 1 aliphatic rings. The maximum Gasteiger partial charge on any atom is 0.260 e. The van der Waals surface area contributed by atoms with Crippen molar-refractivity contribution in [1.29, 1.82) is 5.26 Å². The second-order valence-electron chi connectivity index (χ2n) is 5.93. The number of carbonyl (C=O) groups is 1. The molecular formula is C17H22N2O4S. The van der Waals surface area contributed by atoms with Gasteiger partial charge in [0.25, 0.3) is 5.91 Å². The zero-order valence-electron chi connectivity index (χ0n) is 13.8. The van der Waals surface area contributed by atoms with Gasteiger partial charge in [0, 0.05) is 12.6 Å². The lowest BCUT2D eigenvalue weighted by molar-refractivity contribution is -0.135. The highest BCUT2D eigenvalue weighted by atomic mass is 32.2. The lowest BCUT2D eigenvalue weighted by Gasteiger charge is -2.28. The maximum absolute atomic E-state index is 12.5. The third-order valence-electron chi connectivity index (χ3n) is 4.05. The van der Waals surface area contributed by atoms with Crippen LogP contribution in [0.1, 0.15) is 31.7 Å². The van der Waals surface area contributed by atoms with E-state index in [9.17, 15) is 13.2 Å². The Morgan fingerprint density at radius 2 is 2.25 bits per heavy atom. The van der Waals surface area contributed by atoms with E-state index in [-0.39, 0.29) is 30.1 Å². The molecule has 6 nitrogen and oxygen atoms in total. The molecule has 0 bridgehead atoms. The molecule has 1 saturated heterocycles. The van der Waals surface area contributed by atoms with E-state index < -0.39 is 9.84 Å². The summed E-state index contributed by atoms with van der Waals surface area (Å²) in [4.78, 5) is 14.2. The molecule has 0 spiro atoms. The van der Waals surface area contributed by atoms with E-state index in [0.29, 0.717) is 24.3 Å². The molecule has 24 heavy (non-hydrogen) atoms. The number of amides is 1. The third kappa shape index (κ3) is 4.96. The van der Waals surface area contributed by atoms with Crippen molar-refractivity contribution in [1.82, 2.24) is 4.90 Å². The van der Waals surface area contributed by atoms with Crippen LogP contribution in [0.4, 0.5) is 0 Å². The lowest BCUT2D eigenvalue weighted by Crippen LogP contribution is -2.44. The molecule has 2 rings (SSSR count). The SMILES string of the molecule is CCCCN(C(=O)COc1cccc(C#N)c1)C1CCS(=O)(=O)C1. The smallest absolute Gasteiger partial charge is 0.260 e. The number of carbonyl (C=O) groups excluding carboxylic acids is 1. The summed E-state index contributed by atoms with van der Waals surface area (Å²) in [6.07, 6.45) is 2.24. The van der Waals surface area contributed by atoms with E-state index in [1.807, 2.05) is 13.0 Å². The minimum atomic E-state index is -3.05. The van der Waals surface area contributed by atoms with Crippen LogP contribution in [0, 0.1) is 11.3 Å². The molecule has 1 atom stereocenters. The quantitative estimate of drug-likeness (QED) is 0.748. The first-order valence-electron chi connectivity index (χ1n) is 8.08. The van der Waals surface area contributed by atoms with Crippen molar-refractivity contribution in [3.05, 3.63) is 29.8 Å². The Labute approximate surface area is 142 Å². The highest BCUT2D eigenvalue weighted by Crippen LogP contribution is 2.19. The maximum atomic E-state index is 12.5. The number of ether oxygens (including phenoxy) is 1. The predicted octanol–water partition coefficient (Wildman–Crippen LogP) is 1.75. The third-order valence-corrected chi connectivity index (χ3v) is 5.80. The molecule has 1 aliphatic heterocycles. The Morgan fingerprint density at radius 1 is 1.46 bits per heavy atom. The second-order valence-corrected chi connectivity index (χ2v) is 8.15. The van der Waals surface area contributed by atoms with E-state index in [4.69, 9.17) is 10.00 Å². The van der Waals surface area contributed by atoms with Crippen LogP contribution in [-0.2, 0) is 14.6 Å². The summed E-state index contributed by atoms with van der Waals surface area (Å²) in [7, 11) is -3.05. The molecule has 1 heterocycles. The Kier molecular flexibility index (Phi) is 6.21. The van der Waals surface area contributed by atoms with Gasteiger partial charge >= 0.3 is 0 Å². The van der Waals surface area contributed by atoms with Gasteiger partial charge in [-0.2, -0.15) is 5.26 Å². The number of sulfone groups is 1. The average molecular weight is 350 g/mol. The van der Waals surface area contributed by atoms with Gasteiger partial charge in [-0.3, -0.25) is 4.79 Å². The summed E-state index contributed by atoms with van der Waals surface area (Å²) in [5.74, 6) is 0.412. The zero-order chi connectivity index (χ0) is 17.6. The van der Waals surface area contributed by atoms with Crippen molar-refractivity contribution in [2.24, 2.45) is 0 Å². The van der Waals surface area contributed by atoms with Crippen molar-refractivity contribution in [2.45, 2.75) is 32.2 Å². The summed E-state index contributed by atoms with van der Waals surface area (Å²) >= 11 is 0. The molecule has 0 aliphatic carbocycles. The summed E-state index contributed by atoms with van der Waals surface area (Å²) in [5.41, 5.74) is 0.463. The fourth-order valence-corrected chi connectivity index (χ4v) is 4.47. The Morgan fingerprint density at radius 3 is 2.88 bits per heavy atom. The molecule has 1 fully saturated rings. The predicted molar refractivity (Wildman–Crippen MR) is 90.3 cm³/mol. The van der Waals surface area contributed by atoms with Gasteiger partial charge in [0.1, 0.15) is 5.75 Å². The van der Waals surface area contributed by atoms with Crippen LogP contribution in [0.25, 0.3) is 0 Å². The molecule has 0 saturated carbocycles. The summed E-state index contributed by atoms with van der Waals surface area (Å²) < 4.78 is 28.9. The van der Waals surface area contributed by atoms with Gasteiger partial charge < -0.3 is 9.64 Å². The number of hydrogen-bond donors (Lipinski definition) is 0. The van der Waals surface area contributed by atoms with Gasteiger partial charge in [-0.05, 0) is 31.0 Å². The van der Waals surface area contributed by atoms with Crippen molar-refractivity contribution >= 4 is 15.7 Å². The zero-order valence-corrected chi connectivity index (χ0v) is 14.6. The number of benzene rings is 1. The molecular weight excluding hydrogens is 328 g/mol. The number of unbranched alkanes of at least 4 members (excludes halogenated alkanes) is 1. The van der Waals surface area contributed by atoms with Gasteiger partial charge in [0.05, 0.1) is 23.1 Å². The van der Waals surface area contributed by atoms with Crippen LogP contribution in [-0.4, -0.2) is 49.9 Å². The van der Waals surface area contributed by atoms with Crippen molar-refractivity contribution in [3.63, 3.8) is 0 Å². The van der Waals surface area contributed by atoms with E-state index in [1.165, 1.54) is 0 Å². The molecule has 0 N–H and O–H groups in total. The topological polar surface area (TPSA) is 87.5 Å². The molecule has 1 aromatic rings. The summed E-state index contributed by atoms with van der Waals surface area (Å²) in [6.45, 7) is 2.41. The molecule has 1 aromatic carbocycles. The van der Waals surface area contributed by atoms with E-state index in [2.05, 4.69) is 0 Å². The molecule has 1 unspecified atom stereocenters. The van der Waals surface area contributed by atoms with E-state index >= 15 is 0 Å². The van der Waals surface area contributed by atoms with E-state index in [0.717, 1.165) is 12.8 Å². The van der Waals surface area contributed by atoms with Crippen LogP contribution in [0.5, 0.6) is 5.75 Å². The van der Waals surface area contributed by atoms with Gasteiger partial charge in [0.2, 0.25) is 0 Å². The first-order chi connectivity index (χ1) is 11.4. The Hall–Kier alpha value is -2.07. The fourth-order valence-electron chi connectivity index (χ4n) is 2.74. The van der Waals surface area contributed by atoms with Crippen molar-refractivity contribution in [2.75, 3.05) is 24.7 Å².